The van der Waals surface area contributed by atoms with Gasteiger partial charge < -0.3 is 14.2 Å². The number of hydrogen-bond donors (Lipinski definition) is 0. The van der Waals surface area contributed by atoms with Crippen molar-refractivity contribution in [2.24, 2.45) is 5.18 Å². The topological polar surface area (TPSA) is 63.9 Å². The highest BCUT2D eigenvalue weighted by Gasteiger charge is 2.24. The molecule has 0 spiro atoms. The number of hydrogen-bond acceptors (Lipinski definition) is 4. The van der Waals surface area contributed by atoms with Gasteiger partial charge in [-0.1, -0.05) is 24.3 Å². The molecule has 0 radical (unpaired) electrons. The van der Waals surface area contributed by atoms with Crippen molar-refractivity contribution in [3.8, 4) is 5.69 Å². The molecule has 1 aromatic heterocycles. The predicted molar refractivity (Wildman–Crippen MR) is 119 cm³/mol. The molecule has 0 bridgehead atoms. The monoisotopic (exact) mass is 403 g/mol. The summed E-state index contributed by atoms with van der Waals surface area (Å²) < 4.78 is 7.62. The number of para-hydroxylation sites is 1. The second-order valence-electron chi connectivity index (χ2n) is 8.44. The standard InChI is InChI=1S/C24H25N3O3/c1-24(2,3)30-23(28)26-14-12-17(13-15-26)21-16-27(22-7-5-4-6-20(21)22)19-10-8-18(25-29)9-11-19/h4-12,16H,13-15H2,1-3H3. The van der Waals surface area contributed by atoms with Gasteiger partial charge in [-0.25, -0.2) is 4.79 Å². The minimum atomic E-state index is -0.497. The summed E-state index contributed by atoms with van der Waals surface area (Å²) in [7, 11) is 0. The third-order valence-corrected chi connectivity index (χ3v) is 5.15. The maximum absolute atomic E-state index is 12.4. The number of amides is 1. The van der Waals surface area contributed by atoms with Crippen LogP contribution < -0.4 is 0 Å². The molecule has 30 heavy (non-hydrogen) atoms. The number of carbonyl (C=O) groups excluding carboxylic acids is 1. The number of carbonyl (C=O) groups is 1. The molecular weight excluding hydrogens is 378 g/mol. The van der Waals surface area contributed by atoms with Crippen LogP contribution in [0.3, 0.4) is 0 Å². The summed E-state index contributed by atoms with van der Waals surface area (Å²) in [4.78, 5) is 24.8. The number of rotatable bonds is 3. The van der Waals surface area contributed by atoms with E-state index in [0.717, 1.165) is 28.6 Å². The molecule has 0 atom stereocenters. The predicted octanol–water partition coefficient (Wildman–Crippen LogP) is 6.05. The van der Waals surface area contributed by atoms with Crippen molar-refractivity contribution in [2.75, 3.05) is 13.1 Å². The molecule has 0 aliphatic carbocycles. The molecule has 0 unspecified atom stereocenters. The first-order valence-corrected chi connectivity index (χ1v) is 10.1. The van der Waals surface area contributed by atoms with Crippen molar-refractivity contribution >= 4 is 28.3 Å². The highest BCUT2D eigenvalue weighted by molar-refractivity contribution is 5.94. The van der Waals surface area contributed by atoms with Crippen LogP contribution in [0.5, 0.6) is 0 Å². The Balaban J connectivity index is 1.65. The molecule has 2 aromatic carbocycles. The van der Waals surface area contributed by atoms with Gasteiger partial charge >= 0.3 is 6.09 Å². The fraction of sp³-hybridized carbons (Fsp3) is 0.292. The number of nitroso groups, excluding NO2 is 1. The molecule has 0 saturated heterocycles. The summed E-state index contributed by atoms with van der Waals surface area (Å²) in [6, 6.07) is 15.5. The van der Waals surface area contributed by atoms with Crippen LogP contribution in [0.1, 0.15) is 32.8 Å². The van der Waals surface area contributed by atoms with E-state index in [2.05, 4.69) is 34.1 Å². The fourth-order valence-corrected chi connectivity index (χ4v) is 3.73. The molecule has 0 fully saturated rings. The Labute approximate surface area is 175 Å². The number of aromatic nitrogens is 1. The van der Waals surface area contributed by atoms with Gasteiger partial charge in [0.15, 0.2) is 0 Å². The second-order valence-corrected chi connectivity index (χ2v) is 8.44. The van der Waals surface area contributed by atoms with Crippen molar-refractivity contribution in [2.45, 2.75) is 32.8 Å². The Kier molecular flexibility index (Phi) is 5.16. The molecular formula is C24H25N3O3. The van der Waals surface area contributed by atoms with E-state index in [0.29, 0.717) is 18.8 Å². The molecule has 0 N–H and O–H groups in total. The fourth-order valence-electron chi connectivity index (χ4n) is 3.73. The van der Waals surface area contributed by atoms with Crippen molar-refractivity contribution in [3.05, 3.63) is 71.3 Å². The lowest BCUT2D eigenvalue weighted by atomic mass is 9.99. The summed E-state index contributed by atoms with van der Waals surface area (Å²) in [5.41, 5.74) is 4.35. The van der Waals surface area contributed by atoms with E-state index >= 15 is 0 Å². The molecule has 1 aliphatic heterocycles. The summed E-state index contributed by atoms with van der Waals surface area (Å²) >= 11 is 0. The van der Waals surface area contributed by atoms with Crippen LogP contribution in [0.2, 0.25) is 0 Å². The first-order chi connectivity index (χ1) is 14.4. The Morgan fingerprint density at radius 2 is 1.80 bits per heavy atom. The van der Waals surface area contributed by atoms with E-state index in [9.17, 15) is 9.70 Å². The van der Waals surface area contributed by atoms with Gasteiger partial charge in [0.05, 0.1) is 5.52 Å². The summed E-state index contributed by atoms with van der Waals surface area (Å²) in [6.07, 6.45) is 4.73. The van der Waals surface area contributed by atoms with Crippen LogP contribution in [0.25, 0.3) is 22.2 Å². The maximum Gasteiger partial charge on any atom is 0.410 e. The maximum atomic E-state index is 12.4. The zero-order valence-electron chi connectivity index (χ0n) is 17.5. The summed E-state index contributed by atoms with van der Waals surface area (Å²) in [5.74, 6) is 0. The van der Waals surface area contributed by atoms with Gasteiger partial charge in [0.2, 0.25) is 0 Å². The molecule has 154 valence electrons. The zero-order valence-corrected chi connectivity index (χ0v) is 17.5. The largest absolute Gasteiger partial charge is 0.444 e. The number of nitrogens with zero attached hydrogens (tertiary/aromatic N) is 3. The third kappa shape index (κ3) is 3.99. The van der Waals surface area contributed by atoms with Crippen LogP contribution in [0.15, 0.2) is 66.0 Å². The number of ether oxygens (including phenoxy) is 1. The number of benzene rings is 2. The molecule has 6 nitrogen and oxygen atoms in total. The molecule has 4 rings (SSSR count). The highest BCUT2D eigenvalue weighted by atomic mass is 16.6. The Hall–Kier alpha value is -3.41. The lowest BCUT2D eigenvalue weighted by molar-refractivity contribution is 0.0270. The van der Waals surface area contributed by atoms with Crippen molar-refractivity contribution in [1.29, 1.82) is 0 Å². The number of fused-ring (bicyclic) bond motifs is 1. The average molecular weight is 403 g/mol. The van der Waals surface area contributed by atoms with Gasteiger partial charge in [-0.05, 0) is 68.3 Å². The van der Waals surface area contributed by atoms with Crippen LogP contribution >= 0.6 is 0 Å². The van der Waals surface area contributed by atoms with E-state index in [1.165, 1.54) is 5.57 Å². The van der Waals surface area contributed by atoms with Gasteiger partial charge in [0.25, 0.3) is 0 Å². The molecule has 1 amide bonds. The summed E-state index contributed by atoms with van der Waals surface area (Å²) in [6.45, 7) is 6.79. The first kappa shape index (κ1) is 19.9. The lowest BCUT2D eigenvalue weighted by Gasteiger charge is -2.29. The van der Waals surface area contributed by atoms with Gasteiger partial charge in [0.1, 0.15) is 11.3 Å². The zero-order chi connectivity index (χ0) is 21.3. The highest BCUT2D eigenvalue weighted by Crippen LogP contribution is 2.33. The van der Waals surface area contributed by atoms with Gasteiger partial charge in [-0.15, -0.1) is 4.91 Å². The van der Waals surface area contributed by atoms with Crippen LogP contribution in [-0.4, -0.2) is 34.3 Å². The molecule has 0 saturated carbocycles. The molecule has 3 aromatic rings. The lowest BCUT2D eigenvalue weighted by Crippen LogP contribution is -2.39. The minimum Gasteiger partial charge on any atom is -0.444 e. The van der Waals surface area contributed by atoms with Crippen molar-refractivity contribution < 1.29 is 9.53 Å². The van der Waals surface area contributed by atoms with Crippen molar-refractivity contribution in [3.63, 3.8) is 0 Å². The smallest absolute Gasteiger partial charge is 0.410 e. The van der Waals surface area contributed by atoms with E-state index < -0.39 is 5.60 Å². The second kappa shape index (κ2) is 7.78. The normalized spacial score (nSPS) is 14.5. The first-order valence-electron chi connectivity index (χ1n) is 10.1. The van der Waals surface area contributed by atoms with Crippen LogP contribution in [0.4, 0.5) is 10.5 Å². The Morgan fingerprint density at radius 3 is 2.43 bits per heavy atom. The molecule has 2 heterocycles. The van der Waals surface area contributed by atoms with E-state index in [1.807, 2.05) is 45.0 Å². The van der Waals surface area contributed by atoms with E-state index in [1.54, 1.807) is 17.0 Å². The van der Waals surface area contributed by atoms with Crippen molar-refractivity contribution in [1.82, 2.24) is 9.47 Å². The average Bonchev–Trinajstić information content (AvgIpc) is 3.12. The van der Waals surface area contributed by atoms with Gasteiger partial charge in [-0.2, -0.15) is 0 Å². The minimum absolute atomic E-state index is 0.274. The molecule has 6 heteroatoms. The Bertz CT molecular complexity index is 1120. The summed E-state index contributed by atoms with van der Waals surface area (Å²) in [5, 5.41) is 4.14. The quantitative estimate of drug-likeness (QED) is 0.500. The van der Waals surface area contributed by atoms with Crippen LogP contribution in [0, 0.1) is 4.91 Å². The third-order valence-electron chi connectivity index (χ3n) is 5.15. The van der Waals surface area contributed by atoms with Gasteiger partial charge in [-0.3, -0.25) is 0 Å². The van der Waals surface area contributed by atoms with E-state index in [-0.39, 0.29) is 6.09 Å². The van der Waals surface area contributed by atoms with Crippen LogP contribution in [-0.2, 0) is 4.74 Å². The Morgan fingerprint density at radius 1 is 1.07 bits per heavy atom. The molecule has 1 aliphatic rings. The van der Waals surface area contributed by atoms with Gasteiger partial charge in [0, 0.05) is 35.9 Å². The van der Waals surface area contributed by atoms with E-state index in [4.69, 9.17) is 4.74 Å². The SMILES string of the molecule is CC(C)(C)OC(=O)N1CC=C(c2cn(-c3ccc(N=O)cc3)c3ccccc23)CC1.